The third-order valence-electron chi connectivity index (χ3n) is 4.50. The van der Waals surface area contributed by atoms with Crippen molar-refractivity contribution in [1.29, 1.82) is 5.26 Å². The lowest BCUT2D eigenvalue weighted by Crippen LogP contribution is -2.14. The summed E-state index contributed by atoms with van der Waals surface area (Å²) in [4.78, 5) is 24.8. The lowest BCUT2D eigenvalue weighted by atomic mass is 10.0. The molecule has 0 aliphatic heterocycles. The maximum absolute atomic E-state index is 12.4. The van der Waals surface area contributed by atoms with Crippen molar-refractivity contribution < 1.29 is 14.3 Å². The number of nitrogens with zero attached hydrogens (tertiary/aromatic N) is 1. The number of aryl methyl sites for hydroxylation is 2. The first-order valence-corrected chi connectivity index (χ1v) is 9.46. The zero-order valence-electron chi connectivity index (χ0n) is 14.8. The highest BCUT2D eigenvalue weighted by Gasteiger charge is 2.22. The Kier molecular flexibility index (Phi) is 5.38. The zero-order chi connectivity index (χ0) is 18.7. The topological polar surface area (TPSA) is 79.2 Å². The predicted octanol–water partition coefficient (Wildman–Crippen LogP) is 3.77. The van der Waals surface area contributed by atoms with Crippen LogP contribution < -0.4 is 5.32 Å². The highest BCUT2D eigenvalue weighted by atomic mass is 32.1. The van der Waals surface area contributed by atoms with E-state index < -0.39 is 5.97 Å². The molecule has 0 bridgehead atoms. The van der Waals surface area contributed by atoms with Gasteiger partial charge in [-0.1, -0.05) is 18.2 Å². The SMILES string of the molecule is CCOC(=O)c1sc(NC(=O)Cc2ccc3c(c2)CCC3)c(C#N)c1C. The van der Waals surface area contributed by atoms with E-state index in [9.17, 15) is 14.9 Å². The number of nitriles is 1. The number of ether oxygens (including phenoxy) is 1. The molecular formula is C20H20N2O3S. The van der Waals surface area contributed by atoms with Gasteiger partial charge in [-0.3, -0.25) is 4.79 Å². The molecule has 0 saturated carbocycles. The Morgan fingerprint density at radius 3 is 2.81 bits per heavy atom. The van der Waals surface area contributed by atoms with Gasteiger partial charge in [-0.2, -0.15) is 5.26 Å². The molecule has 1 N–H and O–H groups in total. The largest absolute Gasteiger partial charge is 0.462 e. The number of fused-ring (bicyclic) bond motifs is 1. The van der Waals surface area contributed by atoms with Crippen LogP contribution in [0.5, 0.6) is 0 Å². The average Bonchev–Trinajstić information content (AvgIpc) is 3.18. The first kappa shape index (κ1) is 18.2. The Hall–Kier alpha value is -2.65. The zero-order valence-corrected chi connectivity index (χ0v) is 15.7. The lowest BCUT2D eigenvalue weighted by Gasteiger charge is -2.06. The van der Waals surface area contributed by atoms with Gasteiger partial charge in [-0.15, -0.1) is 11.3 Å². The normalized spacial score (nSPS) is 12.3. The third kappa shape index (κ3) is 3.63. The van der Waals surface area contributed by atoms with Crippen molar-refractivity contribution in [3.05, 3.63) is 50.9 Å². The number of hydrogen-bond acceptors (Lipinski definition) is 5. The highest BCUT2D eigenvalue weighted by molar-refractivity contribution is 7.18. The van der Waals surface area contributed by atoms with Gasteiger partial charge in [0.25, 0.3) is 0 Å². The summed E-state index contributed by atoms with van der Waals surface area (Å²) in [6.45, 7) is 3.68. The van der Waals surface area contributed by atoms with Gasteiger partial charge in [-0.25, -0.2) is 4.79 Å². The minimum Gasteiger partial charge on any atom is -0.462 e. The number of carbonyl (C=O) groups excluding carboxylic acids is 2. The molecule has 0 unspecified atom stereocenters. The van der Waals surface area contributed by atoms with Crippen LogP contribution in [-0.4, -0.2) is 18.5 Å². The van der Waals surface area contributed by atoms with Crippen LogP contribution in [0.2, 0.25) is 0 Å². The van der Waals surface area contributed by atoms with Gasteiger partial charge in [0.2, 0.25) is 5.91 Å². The molecule has 0 saturated heterocycles. The summed E-state index contributed by atoms with van der Waals surface area (Å²) in [5.41, 5.74) is 4.52. The number of benzene rings is 1. The monoisotopic (exact) mass is 368 g/mol. The summed E-state index contributed by atoms with van der Waals surface area (Å²) in [6, 6.07) is 8.25. The molecule has 0 atom stereocenters. The third-order valence-corrected chi connectivity index (χ3v) is 5.69. The van der Waals surface area contributed by atoms with Gasteiger partial charge >= 0.3 is 5.97 Å². The molecule has 0 radical (unpaired) electrons. The Morgan fingerprint density at radius 1 is 1.31 bits per heavy atom. The Bertz CT molecular complexity index is 909. The fourth-order valence-electron chi connectivity index (χ4n) is 3.22. The molecule has 5 nitrogen and oxygen atoms in total. The summed E-state index contributed by atoms with van der Waals surface area (Å²) in [5.74, 6) is -0.665. The average molecular weight is 368 g/mol. The van der Waals surface area contributed by atoms with Crippen molar-refractivity contribution in [1.82, 2.24) is 0 Å². The first-order valence-electron chi connectivity index (χ1n) is 8.64. The Morgan fingerprint density at radius 2 is 2.08 bits per heavy atom. The second kappa shape index (κ2) is 7.71. The fourth-order valence-corrected chi connectivity index (χ4v) is 4.29. The summed E-state index contributed by atoms with van der Waals surface area (Å²) in [6.07, 6.45) is 3.58. The van der Waals surface area contributed by atoms with E-state index in [4.69, 9.17) is 4.74 Å². The molecule has 1 amide bonds. The van der Waals surface area contributed by atoms with Gasteiger partial charge in [0, 0.05) is 0 Å². The van der Waals surface area contributed by atoms with Crippen molar-refractivity contribution in [3.8, 4) is 6.07 Å². The maximum Gasteiger partial charge on any atom is 0.348 e. The molecule has 26 heavy (non-hydrogen) atoms. The van der Waals surface area contributed by atoms with Gasteiger partial charge in [0.05, 0.1) is 18.6 Å². The molecule has 0 spiro atoms. The van der Waals surface area contributed by atoms with Crippen LogP contribution in [0.4, 0.5) is 5.00 Å². The van der Waals surface area contributed by atoms with Crippen LogP contribution in [0.3, 0.4) is 0 Å². The van der Waals surface area contributed by atoms with Crippen LogP contribution in [0.1, 0.15) is 50.8 Å². The van der Waals surface area contributed by atoms with Crippen LogP contribution in [0.15, 0.2) is 18.2 Å². The van der Waals surface area contributed by atoms with E-state index >= 15 is 0 Å². The molecule has 1 aliphatic rings. The number of anilines is 1. The number of hydrogen-bond donors (Lipinski definition) is 1. The van der Waals surface area contributed by atoms with Gasteiger partial charge in [0.1, 0.15) is 15.9 Å². The van der Waals surface area contributed by atoms with Gasteiger partial charge < -0.3 is 10.1 Å². The van der Waals surface area contributed by atoms with Crippen LogP contribution in [-0.2, 0) is 28.8 Å². The number of amides is 1. The predicted molar refractivity (Wildman–Crippen MR) is 101 cm³/mol. The number of rotatable bonds is 5. The highest BCUT2D eigenvalue weighted by Crippen LogP contribution is 2.33. The number of thiophene rings is 1. The van der Waals surface area contributed by atoms with E-state index in [0.29, 0.717) is 21.0 Å². The number of nitrogens with one attached hydrogen (secondary N) is 1. The van der Waals surface area contributed by atoms with Crippen molar-refractivity contribution in [2.45, 2.75) is 39.5 Å². The van der Waals surface area contributed by atoms with Crippen LogP contribution in [0, 0.1) is 18.3 Å². The summed E-state index contributed by atoms with van der Waals surface area (Å²) < 4.78 is 5.01. The molecule has 1 aliphatic carbocycles. The Balaban J connectivity index is 1.76. The van der Waals surface area contributed by atoms with Crippen molar-refractivity contribution >= 4 is 28.2 Å². The second-order valence-electron chi connectivity index (χ2n) is 6.27. The Labute approximate surface area is 156 Å². The molecule has 2 aromatic rings. The van der Waals surface area contributed by atoms with Gasteiger partial charge in [0.15, 0.2) is 0 Å². The molecule has 1 aromatic carbocycles. The van der Waals surface area contributed by atoms with E-state index in [1.54, 1.807) is 13.8 Å². The molecule has 1 heterocycles. The minimum atomic E-state index is -0.467. The van der Waals surface area contributed by atoms with E-state index in [1.807, 2.05) is 6.07 Å². The van der Waals surface area contributed by atoms with Crippen LogP contribution in [0.25, 0.3) is 0 Å². The summed E-state index contributed by atoms with van der Waals surface area (Å²) in [7, 11) is 0. The van der Waals surface area contributed by atoms with E-state index in [2.05, 4.69) is 23.5 Å². The standard InChI is InChI=1S/C20H20N2O3S/c1-3-25-20(24)18-12(2)16(11-21)19(26-18)22-17(23)10-13-7-8-14-5-4-6-15(14)9-13/h7-9H,3-6,10H2,1-2H3,(H,22,23). The fraction of sp³-hybridized carbons (Fsp3) is 0.350. The maximum atomic E-state index is 12.4. The summed E-state index contributed by atoms with van der Waals surface area (Å²) in [5, 5.41) is 12.6. The van der Waals surface area contributed by atoms with Crippen LogP contribution >= 0.6 is 11.3 Å². The van der Waals surface area contributed by atoms with Crippen molar-refractivity contribution in [2.24, 2.45) is 0 Å². The molecular weight excluding hydrogens is 348 g/mol. The number of esters is 1. The van der Waals surface area contributed by atoms with Crippen molar-refractivity contribution in [3.63, 3.8) is 0 Å². The smallest absolute Gasteiger partial charge is 0.348 e. The number of carbonyl (C=O) groups is 2. The summed E-state index contributed by atoms with van der Waals surface area (Å²) >= 11 is 1.09. The molecule has 1 aromatic heterocycles. The van der Waals surface area contributed by atoms with E-state index in [0.717, 1.165) is 29.7 Å². The molecule has 3 rings (SSSR count). The second-order valence-corrected chi connectivity index (χ2v) is 7.29. The van der Waals surface area contributed by atoms with Crippen molar-refractivity contribution in [2.75, 3.05) is 11.9 Å². The van der Waals surface area contributed by atoms with E-state index in [-0.39, 0.29) is 18.9 Å². The quantitative estimate of drug-likeness (QED) is 0.815. The first-order chi connectivity index (χ1) is 12.5. The van der Waals surface area contributed by atoms with Gasteiger partial charge in [-0.05, 0) is 55.4 Å². The lowest BCUT2D eigenvalue weighted by molar-refractivity contribution is -0.115. The van der Waals surface area contributed by atoms with E-state index in [1.165, 1.54) is 17.5 Å². The molecule has 6 heteroatoms. The molecule has 0 fully saturated rings. The molecule has 134 valence electrons. The minimum absolute atomic E-state index is 0.198.